The van der Waals surface area contributed by atoms with Crippen LogP contribution in [0.2, 0.25) is 0 Å². The molecule has 0 aromatic heterocycles. The number of rotatable bonds is 5. The lowest BCUT2D eigenvalue weighted by atomic mass is 9.99. The van der Waals surface area contributed by atoms with Gasteiger partial charge >= 0.3 is 0 Å². The van der Waals surface area contributed by atoms with E-state index >= 15 is 0 Å². The van der Waals surface area contributed by atoms with Gasteiger partial charge in [0, 0.05) is 29.0 Å². The lowest BCUT2D eigenvalue weighted by Gasteiger charge is -2.23. The molecule has 0 radical (unpaired) electrons. The van der Waals surface area contributed by atoms with Crippen molar-refractivity contribution in [3.05, 3.63) is 84.4 Å². The molecule has 1 fully saturated rings. The average molecular weight is 465 g/mol. The molecule has 2 aliphatic rings. The van der Waals surface area contributed by atoms with Gasteiger partial charge in [-0.05, 0) is 65.9 Å². The molecule has 164 valence electrons. The molecule has 0 spiro atoms. The van der Waals surface area contributed by atoms with Crippen LogP contribution in [0.3, 0.4) is 0 Å². The molecule has 0 amide bonds. The maximum absolute atomic E-state index is 12.9. The Morgan fingerprint density at radius 2 is 1.69 bits per heavy atom. The summed E-state index contributed by atoms with van der Waals surface area (Å²) >= 11 is 1.73. The highest BCUT2D eigenvalue weighted by Gasteiger charge is 2.23. The molecule has 0 atom stereocenters. The number of ether oxygens (including phenoxy) is 1. The van der Waals surface area contributed by atoms with Gasteiger partial charge in [0.2, 0.25) is 10.0 Å². The molecule has 5 nitrogen and oxygen atoms in total. The third kappa shape index (κ3) is 4.34. The van der Waals surface area contributed by atoms with E-state index in [9.17, 15) is 8.42 Å². The highest BCUT2D eigenvalue weighted by Crippen LogP contribution is 2.44. The van der Waals surface area contributed by atoms with Gasteiger partial charge in [0.05, 0.1) is 16.3 Å². The summed E-state index contributed by atoms with van der Waals surface area (Å²) in [7, 11) is -3.61. The normalized spacial score (nSPS) is 16.0. The minimum atomic E-state index is -3.61. The van der Waals surface area contributed by atoms with Crippen LogP contribution < -0.4 is 10.0 Å². The van der Waals surface area contributed by atoms with Crippen molar-refractivity contribution in [2.45, 2.75) is 33.6 Å². The molecule has 0 unspecified atom stereocenters. The van der Waals surface area contributed by atoms with E-state index in [4.69, 9.17) is 4.74 Å². The van der Waals surface area contributed by atoms with Crippen molar-refractivity contribution in [1.29, 1.82) is 0 Å². The van der Waals surface area contributed by atoms with Crippen molar-refractivity contribution >= 4 is 38.7 Å². The van der Waals surface area contributed by atoms with E-state index in [2.05, 4.69) is 40.9 Å². The second-order valence-corrected chi connectivity index (χ2v) is 10.7. The lowest BCUT2D eigenvalue weighted by molar-refractivity contribution is 0.0832. The molecule has 2 aliphatic heterocycles. The van der Waals surface area contributed by atoms with Gasteiger partial charge in [0.1, 0.15) is 0 Å². The molecule has 7 heteroatoms. The van der Waals surface area contributed by atoms with Crippen LogP contribution in [-0.2, 0) is 14.8 Å². The topological polar surface area (TPSA) is 67.4 Å². The first-order valence-corrected chi connectivity index (χ1v) is 12.9. The zero-order chi connectivity index (χ0) is 22.1. The monoisotopic (exact) mass is 464 g/mol. The number of hydrogen-bond donors (Lipinski definition) is 2. The Kier molecular flexibility index (Phi) is 5.82. The standard InChI is InChI=1S/C25H24N2O3S2/c1-17(19-9-10-25-23(16-19)26-22-7-2-3-8-24(22)31-25)18-5-4-6-21(15-18)32(28,29)27-20-11-13-30-14-12-20/h2-10,15-16,20,26-27H,1,11-14H2. The van der Waals surface area contributed by atoms with Crippen LogP contribution in [-0.4, -0.2) is 27.7 Å². The number of hydrogen-bond acceptors (Lipinski definition) is 5. The molecular weight excluding hydrogens is 440 g/mol. The summed E-state index contributed by atoms with van der Waals surface area (Å²) in [5, 5.41) is 3.49. The maximum atomic E-state index is 12.9. The van der Waals surface area contributed by atoms with Gasteiger partial charge < -0.3 is 10.1 Å². The Hall–Kier alpha value is -2.58. The smallest absolute Gasteiger partial charge is 0.240 e. The van der Waals surface area contributed by atoms with Gasteiger partial charge in [-0.2, -0.15) is 0 Å². The molecule has 3 aromatic carbocycles. The number of anilines is 2. The number of nitrogens with one attached hydrogen (secondary N) is 2. The Morgan fingerprint density at radius 3 is 2.53 bits per heavy atom. The summed E-state index contributed by atoms with van der Waals surface area (Å²) in [6.07, 6.45) is 1.38. The number of para-hydroxylation sites is 1. The zero-order valence-corrected chi connectivity index (χ0v) is 19.1. The molecule has 3 aromatic rings. The van der Waals surface area contributed by atoms with Crippen LogP contribution in [0.1, 0.15) is 24.0 Å². The quantitative estimate of drug-likeness (QED) is 0.413. The van der Waals surface area contributed by atoms with Gasteiger partial charge in [-0.3, -0.25) is 0 Å². The summed E-state index contributed by atoms with van der Waals surface area (Å²) in [5.41, 5.74) is 4.62. The van der Waals surface area contributed by atoms with Crippen molar-refractivity contribution in [2.75, 3.05) is 18.5 Å². The van der Waals surface area contributed by atoms with Gasteiger partial charge in [-0.15, -0.1) is 0 Å². The van der Waals surface area contributed by atoms with Crippen molar-refractivity contribution in [3.8, 4) is 0 Å². The van der Waals surface area contributed by atoms with Gasteiger partial charge in [-0.1, -0.05) is 48.7 Å². The Bertz CT molecular complexity index is 1280. The fraction of sp³-hybridized carbons (Fsp3) is 0.200. The van der Waals surface area contributed by atoms with E-state index in [-0.39, 0.29) is 10.9 Å². The minimum absolute atomic E-state index is 0.0901. The number of benzene rings is 3. The van der Waals surface area contributed by atoms with Gasteiger partial charge in [0.15, 0.2) is 0 Å². The van der Waals surface area contributed by atoms with Gasteiger partial charge in [-0.25, -0.2) is 13.1 Å². The predicted octanol–water partition coefficient (Wildman–Crippen LogP) is 5.41. The Balaban J connectivity index is 1.39. The van der Waals surface area contributed by atoms with Crippen molar-refractivity contribution in [1.82, 2.24) is 4.72 Å². The van der Waals surface area contributed by atoms with Crippen LogP contribution in [0.5, 0.6) is 0 Å². The summed E-state index contributed by atoms with van der Waals surface area (Å²) in [4.78, 5) is 2.60. The lowest BCUT2D eigenvalue weighted by Crippen LogP contribution is -2.38. The second kappa shape index (κ2) is 8.75. The van der Waals surface area contributed by atoms with Crippen molar-refractivity contribution in [3.63, 3.8) is 0 Å². The Morgan fingerprint density at radius 1 is 0.938 bits per heavy atom. The van der Waals surface area contributed by atoms with Crippen LogP contribution >= 0.6 is 11.8 Å². The fourth-order valence-electron chi connectivity index (χ4n) is 3.95. The third-order valence-electron chi connectivity index (χ3n) is 5.74. The van der Waals surface area contributed by atoms with E-state index < -0.39 is 10.0 Å². The summed E-state index contributed by atoms with van der Waals surface area (Å²) < 4.78 is 34.0. The molecule has 2 N–H and O–H groups in total. The van der Waals surface area contributed by atoms with Crippen LogP contribution in [0.15, 0.2) is 88.0 Å². The summed E-state index contributed by atoms with van der Waals surface area (Å²) in [6.45, 7) is 5.43. The first-order chi connectivity index (χ1) is 15.5. The summed E-state index contributed by atoms with van der Waals surface area (Å²) in [5.74, 6) is 0. The third-order valence-corrected chi connectivity index (χ3v) is 8.41. The SMILES string of the molecule is C=C(c1cccc(S(=O)(=O)NC2CCOCC2)c1)c1ccc2c(c1)Nc1ccccc1S2. The molecule has 0 aliphatic carbocycles. The van der Waals surface area contributed by atoms with E-state index in [0.29, 0.717) is 26.1 Å². The average Bonchev–Trinajstić information content (AvgIpc) is 2.82. The first-order valence-electron chi connectivity index (χ1n) is 10.6. The van der Waals surface area contributed by atoms with E-state index in [1.165, 1.54) is 4.90 Å². The zero-order valence-electron chi connectivity index (χ0n) is 17.5. The maximum Gasteiger partial charge on any atom is 0.240 e. The highest BCUT2D eigenvalue weighted by atomic mass is 32.2. The summed E-state index contributed by atoms with van der Waals surface area (Å²) in [6, 6.07) is 21.3. The van der Waals surface area contributed by atoms with E-state index in [1.807, 2.05) is 24.3 Å². The molecule has 32 heavy (non-hydrogen) atoms. The van der Waals surface area contributed by atoms with Crippen LogP contribution in [0, 0.1) is 0 Å². The van der Waals surface area contributed by atoms with Crippen LogP contribution in [0.25, 0.3) is 5.57 Å². The number of sulfonamides is 1. The second-order valence-electron chi connectivity index (χ2n) is 7.95. The predicted molar refractivity (Wildman–Crippen MR) is 129 cm³/mol. The largest absolute Gasteiger partial charge is 0.381 e. The number of fused-ring (bicyclic) bond motifs is 2. The first kappa shape index (κ1) is 21.3. The minimum Gasteiger partial charge on any atom is -0.381 e. The van der Waals surface area contributed by atoms with Crippen molar-refractivity contribution in [2.24, 2.45) is 0 Å². The molecule has 0 bridgehead atoms. The van der Waals surface area contributed by atoms with Gasteiger partial charge in [0.25, 0.3) is 0 Å². The highest BCUT2D eigenvalue weighted by molar-refractivity contribution is 7.99. The Labute approximate surface area is 192 Å². The fourth-order valence-corrected chi connectivity index (χ4v) is 6.27. The molecule has 2 heterocycles. The van der Waals surface area contributed by atoms with E-state index in [0.717, 1.165) is 33.0 Å². The molecule has 5 rings (SSSR count). The van der Waals surface area contributed by atoms with Crippen molar-refractivity contribution < 1.29 is 13.2 Å². The molecular formula is C25H24N2O3S2. The molecule has 1 saturated heterocycles. The van der Waals surface area contributed by atoms with E-state index in [1.54, 1.807) is 30.0 Å². The molecule has 0 saturated carbocycles. The van der Waals surface area contributed by atoms with Crippen LogP contribution in [0.4, 0.5) is 11.4 Å².